The van der Waals surface area contributed by atoms with Gasteiger partial charge in [-0.3, -0.25) is 4.79 Å². The summed E-state index contributed by atoms with van der Waals surface area (Å²) in [5, 5.41) is 8.75. The van der Waals surface area contributed by atoms with Gasteiger partial charge in [-0.15, -0.1) is 0 Å². The molecular weight excluding hydrogens is 239 g/mol. The lowest BCUT2D eigenvalue weighted by Crippen LogP contribution is -2.25. The molecule has 4 nitrogen and oxygen atoms in total. The summed E-state index contributed by atoms with van der Waals surface area (Å²) in [6, 6.07) is 3.54. The predicted octanol–water partition coefficient (Wildman–Crippen LogP) is 2.41. The van der Waals surface area contributed by atoms with Gasteiger partial charge in [-0.2, -0.15) is 0 Å². The highest BCUT2D eigenvalue weighted by Crippen LogP contribution is 2.14. The van der Waals surface area contributed by atoms with E-state index in [-0.39, 0.29) is 6.42 Å². The fraction of sp³-hybridized carbons (Fsp3) is 0.385. The SMILES string of the molecule is CC(C)(C)OC(=O)Cc1ccc(F)c(C(=O)O)c1. The van der Waals surface area contributed by atoms with Crippen molar-refractivity contribution >= 4 is 11.9 Å². The summed E-state index contributed by atoms with van der Waals surface area (Å²) in [5.74, 6) is -2.67. The maximum atomic E-state index is 13.1. The molecule has 0 amide bonds. The minimum Gasteiger partial charge on any atom is -0.478 e. The zero-order chi connectivity index (χ0) is 13.9. The highest BCUT2D eigenvalue weighted by Gasteiger charge is 2.18. The van der Waals surface area contributed by atoms with E-state index in [1.807, 2.05) is 0 Å². The van der Waals surface area contributed by atoms with Gasteiger partial charge in [0.2, 0.25) is 0 Å². The molecular formula is C13H15FO4. The largest absolute Gasteiger partial charge is 0.478 e. The Balaban J connectivity index is 2.83. The van der Waals surface area contributed by atoms with Crippen LogP contribution in [0.1, 0.15) is 36.7 Å². The number of ether oxygens (including phenoxy) is 1. The summed E-state index contributed by atoms with van der Waals surface area (Å²) in [5.41, 5.74) is -0.647. The third-order valence-corrected chi connectivity index (χ3v) is 2.03. The van der Waals surface area contributed by atoms with Crippen LogP contribution in [0.2, 0.25) is 0 Å². The fourth-order valence-corrected chi connectivity index (χ4v) is 1.39. The van der Waals surface area contributed by atoms with E-state index in [2.05, 4.69) is 0 Å². The van der Waals surface area contributed by atoms with Crippen LogP contribution in [0.15, 0.2) is 18.2 Å². The van der Waals surface area contributed by atoms with Crippen molar-refractivity contribution in [3.63, 3.8) is 0 Å². The van der Waals surface area contributed by atoms with Gasteiger partial charge in [0.15, 0.2) is 0 Å². The molecule has 1 aromatic carbocycles. The van der Waals surface area contributed by atoms with Gasteiger partial charge in [-0.25, -0.2) is 9.18 Å². The van der Waals surface area contributed by atoms with E-state index < -0.39 is 28.9 Å². The number of benzene rings is 1. The quantitative estimate of drug-likeness (QED) is 0.841. The Bertz CT molecular complexity index is 474. The van der Waals surface area contributed by atoms with Crippen LogP contribution in [0.3, 0.4) is 0 Å². The van der Waals surface area contributed by atoms with Gasteiger partial charge in [-0.1, -0.05) is 6.07 Å². The summed E-state index contributed by atoms with van der Waals surface area (Å²) >= 11 is 0. The standard InChI is InChI=1S/C13H15FO4/c1-13(2,3)18-11(15)7-8-4-5-10(14)9(6-8)12(16)17/h4-6H,7H2,1-3H3,(H,16,17). The van der Waals surface area contributed by atoms with Crippen LogP contribution in [0.4, 0.5) is 4.39 Å². The Hall–Kier alpha value is -1.91. The van der Waals surface area contributed by atoms with Gasteiger partial charge in [0, 0.05) is 0 Å². The molecule has 1 N–H and O–H groups in total. The molecule has 98 valence electrons. The van der Waals surface area contributed by atoms with Crippen molar-refractivity contribution in [1.29, 1.82) is 0 Å². The van der Waals surface area contributed by atoms with E-state index >= 15 is 0 Å². The molecule has 0 fully saturated rings. The Morgan fingerprint density at radius 3 is 2.44 bits per heavy atom. The number of carboxylic acids is 1. The third kappa shape index (κ3) is 4.16. The summed E-state index contributed by atoms with van der Waals surface area (Å²) in [4.78, 5) is 22.3. The molecule has 0 unspecified atom stereocenters. The van der Waals surface area contributed by atoms with E-state index in [9.17, 15) is 14.0 Å². The Kier molecular flexibility index (Phi) is 4.06. The number of esters is 1. The van der Waals surface area contributed by atoms with Gasteiger partial charge in [-0.05, 0) is 38.5 Å². The first-order chi connectivity index (χ1) is 8.19. The topological polar surface area (TPSA) is 63.6 Å². The molecule has 0 bridgehead atoms. The van der Waals surface area contributed by atoms with Crippen molar-refractivity contribution in [2.45, 2.75) is 32.8 Å². The van der Waals surface area contributed by atoms with E-state index in [1.54, 1.807) is 20.8 Å². The average Bonchev–Trinajstić information content (AvgIpc) is 2.17. The van der Waals surface area contributed by atoms with E-state index in [4.69, 9.17) is 9.84 Å². The molecule has 0 radical (unpaired) electrons. The first-order valence-corrected chi connectivity index (χ1v) is 5.42. The van der Waals surface area contributed by atoms with Crippen molar-refractivity contribution in [3.8, 4) is 0 Å². The summed E-state index contributed by atoms with van der Waals surface area (Å²) in [7, 11) is 0. The summed E-state index contributed by atoms with van der Waals surface area (Å²) in [6.45, 7) is 5.20. The van der Waals surface area contributed by atoms with Crippen LogP contribution >= 0.6 is 0 Å². The number of carbonyl (C=O) groups excluding carboxylic acids is 1. The van der Waals surface area contributed by atoms with Crippen molar-refractivity contribution in [2.24, 2.45) is 0 Å². The highest BCUT2D eigenvalue weighted by molar-refractivity contribution is 5.88. The number of halogens is 1. The number of aromatic carboxylic acids is 1. The van der Waals surface area contributed by atoms with Crippen molar-refractivity contribution < 1.29 is 23.8 Å². The molecule has 0 spiro atoms. The van der Waals surface area contributed by atoms with Crippen LogP contribution in [0.25, 0.3) is 0 Å². The molecule has 0 heterocycles. The van der Waals surface area contributed by atoms with Crippen molar-refractivity contribution in [3.05, 3.63) is 35.1 Å². The highest BCUT2D eigenvalue weighted by atomic mass is 19.1. The molecule has 1 aromatic rings. The van der Waals surface area contributed by atoms with E-state index in [0.717, 1.165) is 12.1 Å². The molecule has 0 aromatic heterocycles. The van der Waals surface area contributed by atoms with Crippen molar-refractivity contribution in [1.82, 2.24) is 0 Å². The van der Waals surface area contributed by atoms with Crippen LogP contribution in [-0.4, -0.2) is 22.6 Å². The summed E-state index contributed by atoms with van der Waals surface area (Å²) in [6.07, 6.45) is -0.0855. The minimum absolute atomic E-state index is 0.0855. The van der Waals surface area contributed by atoms with Gasteiger partial charge in [0.25, 0.3) is 0 Å². The lowest BCUT2D eigenvalue weighted by molar-refractivity contribution is -0.153. The molecule has 0 saturated heterocycles. The number of hydrogen-bond donors (Lipinski definition) is 1. The normalized spacial score (nSPS) is 11.1. The minimum atomic E-state index is -1.36. The van der Waals surface area contributed by atoms with E-state index in [1.165, 1.54) is 6.07 Å². The third-order valence-electron chi connectivity index (χ3n) is 2.03. The first-order valence-electron chi connectivity index (χ1n) is 5.42. The van der Waals surface area contributed by atoms with Gasteiger partial charge >= 0.3 is 11.9 Å². The zero-order valence-corrected chi connectivity index (χ0v) is 10.5. The molecule has 1 rings (SSSR count). The van der Waals surface area contributed by atoms with Crippen LogP contribution in [-0.2, 0) is 16.0 Å². The van der Waals surface area contributed by atoms with Gasteiger partial charge in [0.1, 0.15) is 11.4 Å². The fourth-order valence-electron chi connectivity index (χ4n) is 1.39. The average molecular weight is 254 g/mol. The van der Waals surface area contributed by atoms with Crippen molar-refractivity contribution in [2.75, 3.05) is 0 Å². The zero-order valence-electron chi connectivity index (χ0n) is 10.5. The number of carbonyl (C=O) groups is 2. The molecule has 0 atom stereocenters. The summed E-state index contributed by atoms with van der Waals surface area (Å²) < 4.78 is 18.2. The molecule has 0 aliphatic heterocycles. The lowest BCUT2D eigenvalue weighted by atomic mass is 10.1. The first kappa shape index (κ1) is 14.2. The molecule has 18 heavy (non-hydrogen) atoms. The number of rotatable bonds is 3. The van der Waals surface area contributed by atoms with E-state index in [0.29, 0.717) is 5.56 Å². The second kappa shape index (κ2) is 5.16. The maximum absolute atomic E-state index is 13.1. The number of hydrogen-bond acceptors (Lipinski definition) is 3. The van der Waals surface area contributed by atoms with Crippen LogP contribution < -0.4 is 0 Å². The Morgan fingerprint density at radius 2 is 1.94 bits per heavy atom. The second-order valence-corrected chi connectivity index (χ2v) is 4.88. The maximum Gasteiger partial charge on any atom is 0.338 e. The Labute approximate surface area is 104 Å². The number of carboxylic acid groups (broad SMARTS) is 1. The van der Waals surface area contributed by atoms with Gasteiger partial charge < -0.3 is 9.84 Å². The van der Waals surface area contributed by atoms with Crippen LogP contribution in [0.5, 0.6) is 0 Å². The molecule has 0 aliphatic carbocycles. The van der Waals surface area contributed by atoms with Crippen LogP contribution in [0, 0.1) is 5.82 Å². The predicted molar refractivity (Wildman–Crippen MR) is 62.9 cm³/mol. The Morgan fingerprint density at radius 1 is 1.33 bits per heavy atom. The molecule has 0 saturated carbocycles. The monoisotopic (exact) mass is 254 g/mol. The van der Waals surface area contributed by atoms with Gasteiger partial charge in [0.05, 0.1) is 12.0 Å². The second-order valence-electron chi connectivity index (χ2n) is 4.88. The lowest BCUT2D eigenvalue weighted by Gasteiger charge is -2.19. The molecule has 0 aliphatic rings. The smallest absolute Gasteiger partial charge is 0.338 e. The molecule has 5 heteroatoms.